The lowest BCUT2D eigenvalue weighted by atomic mass is 10.5. The van der Waals surface area contributed by atoms with Gasteiger partial charge in [0.05, 0.1) is 6.16 Å². The Hall–Kier alpha value is 0.860. The summed E-state index contributed by atoms with van der Waals surface area (Å²) in [6, 6.07) is 0. The first-order valence-corrected chi connectivity index (χ1v) is 5.95. The fraction of sp³-hybridized carbons (Fsp3) is 1.00. The molecule has 0 aliphatic heterocycles. The molecule has 2 atom stereocenters. The van der Waals surface area contributed by atoms with Crippen LogP contribution < -0.4 is 0 Å². The van der Waals surface area contributed by atoms with Crippen LogP contribution in [0.25, 0.3) is 0 Å². The molecule has 0 radical (unpaired) electrons. The van der Waals surface area contributed by atoms with E-state index in [-0.39, 0.29) is 0 Å². The molecule has 2 heteroatoms. The highest BCUT2D eigenvalue weighted by Gasteiger charge is 2.21. The van der Waals surface area contributed by atoms with Crippen LogP contribution in [-0.2, 0) is 0 Å². The Morgan fingerprint density at radius 1 is 1.67 bits per heavy atom. The van der Waals surface area contributed by atoms with Gasteiger partial charge in [0.2, 0.25) is 0 Å². The predicted octanol–water partition coefficient (Wildman–Crippen LogP) is 1.60. The summed E-state index contributed by atoms with van der Waals surface area (Å²) in [5.74, 6) is 1.16. The third-order valence-corrected chi connectivity index (χ3v) is 2.92. The van der Waals surface area contributed by atoms with Gasteiger partial charge in [-0.15, -0.1) is 0 Å². The fourth-order valence-electron chi connectivity index (χ4n) is 0.546. The van der Waals surface area contributed by atoms with Crippen molar-refractivity contribution in [3.8, 4) is 0 Å². The molecular formula is C4H11P2+. The summed E-state index contributed by atoms with van der Waals surface area (Å²) in [6.07, 6.45) is 4.59. The minimum absolute atomic E-state index is 0.731. The molecule has 0 saturated heterocycles. The first-order chi connectivity index (χ1) is 2.93. The van der Waals surface area contributed by atoms with Crippen molar-refractivity contribution >= 4 is 17.2 Å². The van der Waals surface area contributed by atoms with Crippen molar-refractivity contribution in [3.05, 3.63) is 0 Å². The zero-order chi connectivity index (χ0) is 4.41. The van der Waals surface area contributed by atoms with Gasteiger partial charge in [0.15, 0.2) is 0 Å². The highest BCUT2D eigenvalue weighted by Crippen LogP contribution is 2.37. The molecule has 0 bridgehead atoms. The smallest absolute Gasteiger partial charge is 0.0466 e. The largest absolute Gasteiger partial charge is 0.0594 e. The third-order valence-electron chi connectivity index (χ3n) is 1.17. The molecule has 0 aromatic heterocycles. The monoisotopic (exact) mass is 121 g/mol. The van der Waals surface area contributed by atoms with Crippen LogP contribution in [-0.4, -0.2) is 6.16 Å². The lowest BCUT2D eigenvalue weighted by molar-refractivity contribution is 1.00. The van der Waals surface area contributed by atoms with Crippen molar-refractivity contribution < 1.29 is 0 Å². The van der Waals surface area contributed by atoms with Crippen molar-refractivity contribution in [1.29, 1.82) is 0 Å². The summed E-state index contributed by atoms with van der Waals surface area (Å²) < 4.78 is 0. The van der Waals surface area contributed by atoms with E-state index in [4.69, 9.17) is 0 Å². The summed E-state index contributed by atoms with van der Waals surface area (Å²) in [4.78, 5) is 0. The fourth-order valence-corrected chi connectivity index (χ4v) is 2.56. The summed E-state index contributed by atoms with van der Waals surface area (Å²) in [6.45, 7) is 0. The second-order valence-corrected chi connectivity index (χ2v) is 4.27. The average Bonchev–Trinajstić information content (AvgIpc) is 2.21. The van der Waals surface area contributed by atoms with Gasteiger partial charge in [-0.2, -0.15) is 0 Å². The number of hydrogen-bond acceptors (Lipinski definition) is 0. The first kappa shape index (κ1) is 5.01. The van der Waals surface area contributed by atoms with Gasteiger partial charge in [0.1, 0.15) is 0 Å². The third kappa shape index (κ3) is 1.54. The van der Waals surface area contributed by atoms with Gasteiger partial charge in [-0.05, 0) is 18.8 Å². The Kier molecular flexibility index (Phi) is 1.87. The lowest BCUT2D eigenvalue weighted by Gasteiger charge is -1.76. The SMILES string of the molecule is P[PH2+]CC1CC1. The van der Waals surface area contributed by atoms with Gasteiger partial charge in [-0.3, -0.25) is 0 Å². The Labute approximate surface area is 43.0 Å². The first-order valence-electron chi connectivity index (χ1n) is 2.47. The van der Waals surface area contributed by atoms with Gasteiger partial charge in [-0.1, -0.05) is 0 Å². The minimum atomic E-state index is 0.731. The average molecular weight is 121 g/mol. The summed E-state index contributed by atoms with van der Waals surface area (Å²) in [7, 11) is 3.58. The van der Waals surface area contributed by atoms with Crippen molar-refractivity contribution in [2.45, 2.75) is 12.8 Å². The molecule has 1 rings (SSSR count). The zero-order valence-electron chi connectivity index (χ0n) is 3.85. The van der Waals surface area contributed by atoms with Gasteiger partial charge >= 0.3 is 0 Å². The molecule has 1 aliphatic rings. The van der Waals surface area contributed by atoms with Crippen LogP contribution >= 0.6 is 17.2 Å². The normalized spacial score (nSPS) is 23.5. The molecule has 0 N–H and O–H groups in total. The second kappa shape index (κ2) is 2.24. The standard InChI is InChI=1S/C4H10P2/c5-6-3-4-1-2-4/h4,6H,1-3,5H2/p+1. The number of hydrogen-bond donors (Lipinski definition) is 0. The summed E-state index contributed by atoms with van der Waals surface area (Å²) in [5, 5.41) is 0. The highest BCUT2D eigenvalue weighted by molar-refractivity contribution is 8.02. The quantitative estimate of drug-likeness (QED) is 0.487. The second-order valence-electron chi connectivity index (χ2n) is 1.91. The molecule has 0 aromatic carbocycles. The van der Waals surface area contributed by atoms with E-state index in [1.165, 1.54) is 19.0 Å². The van der Waals surface area contributed by atoms with Crippen molar-refractivity contribution in [2.24, 2.45) is 5.92 Å². The highest BCUT2D eigenvalue weighted by atomic mass is 32.0. The molecular weight excluding hydrogens is 110 g/mol. The minimum Gasteiger partial charge on any atom is -0.0466 e. The molecule has 1 saturated carbocycles. The summed E-state index contributed by atoms with van der Waals surface area (Å²) >= 11 is 0. The lowest BCUT2D eigenvalue weighted by Crippen LogP contribution is -1.69. The van der Waals surface area contributed by atoms with Crippen LogP contribution in [0.5, 0.6) is 0 Å². The molecule has 0 spiro atoms. The molecule has 0 amide bonds. The van der Waals surface area contributed by atoms with Crippen LogP contribution in [0.2, 0.25) is 0 Å². The van der Waals surface area contributed by atoms with E-state index in [0.717, 1.165) is 14.2 Å². The van der Waals surface area contributed by atoms with Crippen LogP contribution in [0.1, 0.15) is 12.8 Å². The predicted molar refractivity (Wildman–Crippen MR) is 37.0 cm³/mol. The van der Waals surface area contributed by atoms with Crippen LogP contribution in [0.15, 0.2) is 0 Å². The van der Waals surface area contributed by atoms with E-state index in [1.807, 2.05) is 0 Å². The number of rotatable bonds is 2. The van der Waals surface area contributed by atoms with Gasteiger partial charge in [0.25, 0.3) is 0 Å². The maximum absolute atomic E-state index is 2.85. The van der Waals surface area contributed by atoms with Gasteiger partial charge in [0, 0.05) is 17.2 Å². The van der Waals surface area contributed by atoms with Crippen LogP contribution in [0.3, 0.4) is 0 Å². The van der Waals surface area contributed by atoms with E-state index >= 15 is 0 Å². The van der Waals surface area contributed by atoms with Gasteiger partial charge in [-0.25, -0.2) is 0 Å². The molecule has 0 aromatic rings. The molecule has 1 fully saturated rings. The Morgan fingerprint density at radius 2 is 2.33 bits per heavy atom. The Balaban J connectivity index is 1.88. The summed E-state index contributed by atoms with van der Waals surface area (Å²) in [5.41, 5.74) is 0. The molecule has 6 heavy (non-hydrogen) atoms. The van der Waals surface area contributed by atoms with Crippen molar-refractivity contribution in [1.82, 2.24) is 0 Å². The van der Waals surface area contributed by atoms with Crippen molar-refractivity contribution in [2.75, 3.05) is 6.16 Å². The van der Waals surface area contributed by atoms with Gasteiger partial charge < -0.3 is 0 Å². The van der Waals surface area contributed by atoms with Crippen LogP contribution in [0, 0.1) is 5.92 Å². The van der Waals surface area contributed by atoms with Crippen molar-refractivity contribution in [3.63, 3.8) is 0 Å². The van der Waals surface area contributed by atoms with E-state index in [1.54, 1.807) is 0 Å². The molecule has 0 heterocycles. The van der Waals surface area contributed by atoms with E-state index < -0.39 is 0 Å². The molecule has 2 unspecified atom stereocenters. The van der Waals surface area contributed by atoms with E-state index in [0.29, 0.717) is 0 Å². The zero-order valence-corrected chi connectivity index (χ0v) is 6.16. The van der Waals surface area contributed by atoms with Crippen LogP contribution in [0.4, 0.5) is 0 Å². The van der Waals surface area contributed by atoms with E-state index in [9.17, 15) is 0 Å². The Morgan fingerprint density at radius 3 is 2.50 bits per heavy atom. The van der Waals surface area contributed by atoms with E-state index in [2.05, 4.69) is 8.93 Å². The molecule has 36 valence electrons. The Bertz CT molecular complexity index is 40.8. The molecule has 1 aliphatic carbocycles. The maximum Gasteiger partial charge on any atom is 0.0594 e. The maximum atomic E-state index is 2.85. The topological polar surface area (TPSA) is 0 Å². The molecule has 0 nitrogen and oxygen atoms in total.